The summed E-state index contributed by atoms with van der Waals surface area (Å²) in [6, 6.07) is 0.373. The molecule has 1 amide bonds. The molecule has 1 unspecified atom stereocenters. The van der Waals surface area contributed by atoms with Gasteiger partial charge in [0.15, 0.2) is 0 Å². The summed E-state index contributed by atoms with van der Waals surface area (Å²) in [5, 5.41) is 12.4. The molecule has 2 rings (SSSR count). The Morgan fingerprint density at radius 1 is 1.40 bits per heavy atom. The zero-order valence-electron chi connectivity index (χ0n) is 12.9. The highest BCUT2D eigenvalue weighted by molar-refractivity contribution is 5.83. The lowest BCUT2D eigenvalue weighted by Crippen LogP contribution is -2.50. The molecule has 0 aliphatic carbocycles. The Hall–Kier alpha value is -0.610. The van der Waals surface area contributed by atoms with Gasteiger partial charge in [-0.05, 0) is 58.0 Å². The number of nitrogens with zero attached hydrogens (tertiary/aromatic N) is 1. The summed E-state index contributed by atoms with van der Waals surface area (Å²) in [5.74, 6) is 0.404. The van der Waals surface area contributed by atoms with Crippen molar-refractivity contribution in [2.24, 2.45) is 5.41 Å². The van der Waals surface area contributed by atoms with Crippen LogP contribution in [0.15, 0.2) is 0 Å². The third kappa shape index (κ3) is 3.34. The summed E-state index contributed by atoms with van der Waals surface area (Å²) in [6.45, 7) is 5.29. The Bertz CT molecular complexity index is 308. The van der Waals surface area contributed by atoms with Crippen LogP contribution in [0, 0.1) is 5.41 Å². The molecule has 0 radical (unpaired) electrons. The standard InChI is InChI=1S/C16H30N2O2/c1-2-7-16(8-10-17-11-9-16)15(20)18-12-3-5-14(18)6-4-13-19/h14,17,19H,2-13H2,1H3. The molecule has 20 heavy (non-hydrogen) atoms. The largest absolute Gasteiger partial charge is 0.396 e. The van der Waals surface area contributed by atoms with E-state index in [0.29, 0.717) is 11.9 Å². The maximum Gasteiger partial charge on any atom is 0.229 e. The quantitative estimate of drug-likeness (QED) is 0.782. The second kappa shape index (κ2) is 7.41. The average Bonchev–Trinajstić information content (AvgIpc) is 2.94. The lowest BCUT2D eigenvalue weighted by molar-refractivity contribution is -0.145. The molecule has 2 heterocycles. The van der Waals surface area contributed by atoms with Gasteiger partial charge < -0.3 is 15.3 Å². The summed E-state index contributed by atoms with van der Waals surface area (Å²) in [5.41, 5.74) is -0.109. The number of hydrogen-bond acceptors (Lipinski definition) is 3. The van der Waals surface area contributed by atoms with Crippen LogP contribution in [0.3, 0.4) is 0 Å². The third-order valence-corrected chi connectivity index (χ3v) is 5.08. The van der Waals surface area contributed by atoms with E-state index in [0.717, 1.165) is 71.0 Å². The smallest absolute Gasteiger partial charge is 0.229 e. The van der Waals surface area contributed by atoms with Crippen molar-refractivity contribution < 1.29 is 9.90 Å². The lowest BCUT2D eigenvalue weighted by atomic mass is 9.74. The van der Waals surface area contributed by atoms with E-state index < -0.39 is 0 Å². The molecule has 0 saturated carbocycles. The molecule has 0 aromatic carbocycles. The fraction of sp³-hybridized carbons (Fsp3) is 0.938. The van der Waals surface area contributed by atoms with Gasteiger partial charge in [-0.3, -0.25) is 4.79 Å². The van der Waals surface area contributed by atoms with Crippen LogP contribution in [0.4, 0.5) is 0 Å². The summed E-state index contributed by atoms with van der Waals surface area (Å²) < 4.78 is 0. The molecule has 116 valence electrons. The number of carbonyl (C=O) groups is 1. The minimum atomic E-state index is -0.109. The Morgan fingerprint density at radius 3 is 2.80 bits per heavy atom. The Kier molecular flexibility index (Phi) is 5.85. The molecule has 2 aliphatic heterocycles. The first-order valence-corrected chi connectivity index (χ1v) is 8.36. The number of piperidine rings is 1. The van der Waals surface area contributed by atoms with Crippen molar-refractivity contribution in [3.8, 4) is 0 Å². The minimum absolute atomic E-state index is 0.109. The number of hydrogen-bond donors (Lipinski definition) is 2. The SMILES string of the molecule is CCCC1(C(=O)N2CCCC2CCCO)CCNCC1. The highest BCUT2D eigenvalue weighted by Crippen LogP contribution is 2.38. The number of amides is 1. The van der Waals surface area contributed by atoms with Gasteiger partial charge in [0, 0.05) is 19.2 Å². The van der Waals surface area contributed by atoms with Crippen molar-refractivity contribution in [3.63, 3.8) is 0 Å². The van der Waals surface area contributed by atoms with E-state index in [1.165, 1.54) is 0 Å². The highest BCUT2D eigenvalue weighted by atomic mass is 16.3. The molecule has 2 fully saturated rings. The van der Waals surface area contributed by atoms with Gasteiger partial charge in [0.05, 0.1) is 5.41 Å². The van der Waals surface area contributed by atoms with E-state index >= 15 is 0 Å². The number of likely N-dealkylation sites (tertiary alicyclic amines) is 1. The zero-order chi connectivity index (χ0) is 14.4. The molecule has 1 atom stereocenters. The second-order valence-electron chi connectivity index (χ2n) is 6.44. The third-order valence-electron chi connectivity index (χ3n) is 5.08. The average molecular weight is 282 g/mol. The number of carbonyl (C=O) groups excluding carboxylic acids is 1. The molecule has 0 aromatic heterocycles. The van der Waals surface area contributed by atoms with E-state index in [-0.39, 0.29) is 12.0 Å². The molecular formula is C16H30N2O2. The van der Waals surface area contributed by atoms with Gasteiger partial charge in [0.1, 0.15) is 0 Å². The van der Waals surface area contributed by atoms with Gasteiger partial charge in [0.2, 0.25) is 5.91 Å². The van der Waals surface area contributed by atoms with Crippen LogP contribution in [0.25, 0.3) is 0 Å². The van der Waals surface area contributed by atoms with Crippen LogP contribution in [0.5, 0.6) is 0 Å². The maximum atomic E-state index is 13.1. The first-order valence-electron chi connectivity index (χ1n) is 8.36. The predicted molar refractivity (Wildman–Crippen MR) is 80.5 cm³/mol. The summed E-state index contributed by atoms with van der Waals surface area (Å²) in [6.07, 6.45) is 8.11. The molecule has 2 saturated heterocycles. The van der Waals surface area contributed by atoms with Gasteiger partial charge in [-0.1, -0.05) is 13.3 Å². The Morgan fingerprint density at radius 2 is 2.15 bits per heavy atom. The van der Waals surface area contributed by atoms with Crippen LogP contribution < -0.4 is 5.32 Å². The lowest BCUT2D eigenvalue weighted by Gasteiger charge is -2.41. The first kappa shape index (κ1) is 15.8. The topological polar surface area (TPSA) is 52.6 Å². The summed E-state index contributed by atoms with van der Waals surface area (Å²) in [4.78, 5) is 15.3. The van der Waals surface area contributed by atoms with Crippen LogP contribution in [0.2, 0.25) is 0 Å². The summed E-state index contributed by atoms with van der Waals surface area (Å²) >= 11 is 0. The van der Waals surface area contributed by atoms with Crippen molar-refractivity contribution in [3.05, 3.63) is 0 Å². The van der Waals surface area contributed by atoms with E-state index in [4.69, 9.17) is 5.11 Å². The van der Waals surface area contributed by atoms with Crippen LogP contribution in [-0.4, -0.2) is 48.2 Å². The summed E-state index contributed by atoms with van der Waals surface area (Å²) in [7, 11) is 0. The molecule has 2 aliphatic rings. The van der Waals surface area contributed by atoms with Crippen LogP contribution in [-0.2, 0) is 4.79 Å². The van der Waals surface area contributed by atoms with Crippen molar-refractivity contribution in [1.29, 1.82) is 0 Å². The fourth-order valence-corrected chi connectivity index (χ4v) is 3.99. The molecule has 4 nitrogen and oxygen atoms in total. The molecule has 0 bridgehead atoms. The van der Waals surface area contributed by atoms with Crippen molar-refractivity contribution in [2.75, 3.05) is 26.2 Å². The van der Waals surface area contributed by atoms with Gasteiger partial charge in [-0.15, -0.1) is 0 Å². The second-order valence-corrected chi connectivity index (χ2v) is 6.44. The minimum Gasteiger partial charge on any atom is -0.396 e. The van der Waals surface area contributed by atoms with Gasteiger partial charge in [-0.25, -0.2) is 0 Å². The molecule has 0 aromatic rings. The Balaban J connectivity index is 2.06. The normalized spacial score (nSPS) is 25.9. The number of aliphatic hydroxyl groups excluding tert-OH is 1. The fourth-order valence-electron chi connectivity index (χ4n) is 3.99. The Labute approximate surface area is 122 Å². The molecular weight excluding hydrogens is 252 g/mol. The van der Waals surface area contributed by atoms with Gasteiger partial charge in [0.25, 0.3) is 0 Å². The maximum absolute atomic E-state index is 13.1. The molecule has 2 N–H and O–H groups in total. The number of nitrogens with one attached hydrogen (secondary N) is 1. The predicted octanol–water partition coefficient (Wildman–Crippen LogP) is 1.92. The molecule has 4 heteroatoms. The monoisotopic (exact) mass is 282 g/mol. The van der Waals surface area contributed by atoms with Crippen molar-refractivity contribution in [2.45, 2.75) is 64.3 Å². The zero-order valence-corrected chi connectivity index (χ0v) is 12.9. The van der Waals surface area contributed by atoms with E-state index in [1.54, 1.807) is 0 Å². The van der Waals surface area contributed by atoms with E-state index in [1.807, 2.05) is 0 Å². The van der Waals surface area contributed by atoms with Gasteiger partial charge >= 0.3 is 0 Å². The first-order chi connectivity index (χ1) is 9.73. The van der Waals surface area contributed by atoms with E-state index in [9.17, 15) is 4.79 Å². The van der Waals surface area contributed by atoms with Crippen molar-refractivity contribution in [1.82, 2.24) is 10.2 Å². The van der Waals surface area contributed by atoms with Crippen LogP contribution in [0.1, 0.15) is 58.3 Å². The highest BCUT2D eigenvalue weighted by Gasteiger charge is 2.43. The van der Waals surface area contributed by atoms with Crippen molar-refractivity contribution >= 4 is 5.91 Å². The number of rotatable bonds is 6. The van der Waals surface area contributed by atoms with Crippen LogP contribution >= 0.6 is 0 Å². The van der Waals surface area contributed by atoms with Gasteiger partial charge in [-0.2, -0.15) is 0 Å². The molecule has 0 spiro atoms. The number of aliphatic hydroxyl groups is 1. The van der Waals surface area contributed by atoms with E-state index in [2.05, 4.69) is 17.1 Å².